The Morgan fingerprint density at radius 2 is 1.72 bits per heavy atom. The van der Waals surface area contributed by atoms with Crippen LogP contribution in [0, 0.1) is 25.5 Å². The highest BCUT2D eigenvalue weighted by molar-refractivity contribution is 6.51. The highest BCUT2D eigenvalue weighted by atomic mass is 35.5. The minimum Gasteiger partial charge on any atom is -0.410 e. The van der Waals surface area contributed by atoms with Crippen LogP contribution in [0.1, 0.15) is 27.0 Å². The number of oxime groups is 1. The van der Waals surface area contributed by atoms with Gasteiger partial charge in [-0.05, 0) is 55.3 Å². The van der Waals surface area contributed by atoms with Crippen LogP contribution in [0.25, 0.3) is 5.69 Å². The molecule has 8 heteroatoms. The molecule has 0 bridgehead atoms. The third kappa shape index (κ3) is 3.95. The van der Waals surface area contributed by atoms with Gasteiger partial charge in [0, 0.05) is 34.5 Å². The summed E-state index contributed by atoms with van der Waals surface area (Å²) in [4.78, 5) is 25.3. The third-order valence-corrected chi connectivity index (χ3v) is 4.59. The van der Waals surface area contributed by atoms with Gasteiger partial charge >= 0.3 is 0 Å². The van der Waals surface area contributed by atoms with E-state index in [1.807, 2.05) is 0 Å². The van der Waals surface area contributed by atoms with Crippen LogP contribution in [0.5, 0.6) is 0 Å². The maximum Gasteiger partial charge on any atom is 0.255 e. The number of hydrogen-bond acceptors (Lipinski definition) is 4. The molecule has 0 saturated carbocycles. The molecule has 0 fully saturated rings. The molecule has 0 aliphatic heterocycles. The quantitative estimate of drug-likeness (QED) is 0.295. The van der Waals surface area contributed by atoms with Crippen LogP contribution in [0.15, 0.2) is 58.6 Å². The second-order valence-corrected chi connectivity index (χ2v) is 6.85. The zero-order chi connectivity index (χ0) is 21.3. The average molecular weight is 417 g/mol. The van der Waals surface area contributed by atoms with Crippen molar-refractivity contribution >= 4 is 23.1 Å². The topological polar surface area (TPSA) is 71.7 Å². The summed E-state index contributed by atoms with van der Waals surface area (Å²) >= 11 is 6.04. The molecule has 0 amide bonds. The van der Waals surface area contributed by atoms with Crippen molar-refractivity contribution in [2.24, 2.45) is 5.16 Å². The molecule has 1 N–H and O–H groups in total. The van der Waals surface area contributed by atoms with Gasteiger partial charge in [0.25, 0.3) is 5.56 Å². The van der Waals surface area contributed by atoms with E-state index < -0.39 is 28.7 Å². The van der Waals surface area contributed by atoms with Crippen LogP contribution in [0.2, 0.25) is 5.02 Å². The van der Waals surface area contributed by atoms with Gasteiger partial charge in [-0.25, -0.2) is 8.78 Å². The molecule has 0 aliphatic carbocycles. The van der Waals surface area contributed by atoms with Gasteiger partial charge in [-0.1, -0.05) is 16.8 Å². The van der Waals surface area contributed by atoms with E-state index in [0.29, 0.717) is 27.9 Å². The lowest BCUT2D eigenvalue weighted by Gasteiger charge is -2.14. The maximum absolute atomic E-state index is 14.1. The van der Waals surface area contributed by atoms with Gasteiger partial charge in [-0.15, -0.1) is 0 Å². The first-order valence-corrected chi connectivity index (χ1v) is 8.82. The number of rotatable bonds is 4. The normalized spacial score (nSPS) is 11.6. The largest absolute Gasteiger partial charge is 0.410 e. The minimum atomic E-state index is -1.05. The van der Waals surface area contributed by atoms with Crippen molar-refractivity contribution in [1.29, 1.82) is 0 Å². The molecule has 2 aromatic carbocycles. The van der Waals surface area contributed by atoms with Gasteiger partial charge in [-0.2, -0.15) is 0 Å². The Kier molecular flexibility index (Phi) is 5.61. The van der Waals surface area contributed by atoms with Crippen molar-refractivity contribution in [3.05, 3.63) is 97.9 Å². The van der Waals surface area contributed by atoms with E-state index in [1.165, 1.54) is 22.9 Å². The third-order valence-electron chi connectivity index (χ3n) is 4.37. The van der Waals surface area contributed by atoms with Crippen molar-refractivity contribution < 1.29 is 18.8 Å². The van der Waals surface area contributed by atoms with E-state index >= 15 is 0 Å². The van der Waals surface area contributed by atoms with Gasteiger partial charge in [0.05, 0.1) is 5.69 Å². The standard InChI is InChI=1S/C21H15ClF2N2O3/c1-11-7-14(22)8-12(2)20(11)26-10-13(3-6-18(26)27)21(28)19(25-29)16-5-4-15(23)9-17(16)24/h3-10,29H,1-2H3/b25-19-. The zero-order valence-electron chi connectivity index (χ0n) is 15.4. The fraction of sp³-hybridized carbons (Fsp3) is 0.0952. The lowest BCUT2D eigenvalue weighted by Crippen LogP contribution is -2.23. The van der Waals surface area contributed by atoms with E-state index in [9.17, 15) is 23.6 Å². The van der Waals surface area contributed by atoms with Crippen molar-refractivity contribution in [3.8, 4) is 5.69 Å². The summed E-state index contributed by atoms with van der Waals surface area (Å²) in [5, 5.41) is 12.7. The summed E-state index contributed by atoms with van der Waals surface area (Å²) in [6, 6.07) is 8.30. The fourth-order valence-electron chi connectivity index (χ4n) is 3.12. The van der Waals surface area contributed by atoms with Crippen LogP contribution in [0.3, 0.4) is 0 Å². The number of Topliss-reactive ketones (excluding diaryl/α,β-unsaturated/α-hetero) is 1. The SMILES string of the molecule is Cc1cc(Cl)cc(C)c1-n1cc(C(=O)/C(=N\O)c2ccc(F)cc2F)ccc1=O. The van der Waals surface area contributed by atoms with Crippen molar-refractivity contribution in [2.45, 2.75) is 13.8 Å². The van der Waals surface area contributed by atoms with Crippen LogP contribution in [-0.4, -0.2) is 21.3 Å². The molecule has 1 aromatic heterocycles. The fourth-order valence-corrected chi connectivity index (χ4v) is 3.45. The monoisotopic (exact) mass is 416 g/mol. The van der Waals surface area contributed by atoms with Gasteiger partial charge < -0.3 is 5.21 Å². The zero-order valence-corrected chi connectivity index (χ0v) is 16.2. The predicted octanol–water partition coefficient (Wildman–Crippen LogP) is 4.45. The lowest BCUT2D eigenvalue weighted by molar-refractivity contribution is 0.106. The Morgan fingerprint density at radius 1 is 1.07 bits per heavy atom. The Labute approximate surface area is 169 Å². The Hall–Kier alpha value is -3.32. The molecule has 29 heavy (non-hydrogen) atoms. The summed E-state index contributed by atoms with van der Waals surface area (Å²) in [6.45, 7) is 3.54. The second kappa shape index (κ2) is 7.97. The summed E-state index contributed by atoms with van der Waals surface area (Å²) < 4.78 is 28.5. The number of pyridine rings is 1. The molecule has 3 rings (SSSR count). The van der Waals surface area contributed by atoms with E-state index in [4.69, 9.17) is 11.6 Å². The number of hydrogen-bond donors (Lipinski definition) is 1. The summed E-state index contributed by atoms with van der Waals surface area (Å²) in [5.41, 5.74) is 0.572. The molecule has 5 nitrogen and oxygen atoms in total. The number of aryl methyl sites for hydroxylation is 2. The number of nitrogens with zero attached hydrogens (tertiary/aromatic N) is 2. The highest BCUT2D eigenvalue weighted by Gasteiger charge is 2.22. The smallest absolute Gasteiger partial charge is 0.255 e. The molecule has 0 saturated heterocycles. The minimum absolute atomic E-state index is 0.0186. The molecular formula is C21H15ClF2N2O3. The molecular weight excluding hydrogens is 402 g/mol. The second-order valence-electron chi connectivity index (χ2n) is 6.42. The van der Waals surface area contributed by atoms with E-state index in [1.54, 1.807) is 26.0 Å². The Morgan fingerprint density at radius 3 is 2.31 bits per heavy atom. The molecule has 0 atom stereocenters. The Bertz CT molecular complexity index is 1200. The van der Waals surface area contributed by atoms with Gasteiger partial charge in [0.2, 0.25) is 5.78 Å². The van der Waals surface area contributed by atoms with Crippen LogP contribution >= 0.6 is 11.6 Å². The molecule has 0 spiro atoms. The predicted molar refractivity (Wildman–Crippen MR) is 106 cm³/mol. The number of aromatic nitrogens is 1. The summed E-state index contributed by atoms with van der Waals surface area (Å²) in [5.74, 6) is -2.72. The molecule has 0 aliphatic rings. The summed E-state index contributed by atoms with van der Waals surface area (Å²) in [7, 11) is 0. The molecule has 3 aromatic rings. The van der Waals surface area contributed by atoms with Crippen LogP contribution in [-0.2, 0) is 0 Å². The first-order valence-electron chi connectivity index (χ1n) is 8.45. The average Bonchev–Trinajstić information content (AvgIpc) is 2.64. The van der Waals surface area contributed by atoms with Crippen LogP contribution in [0.4, 0.5) is 8.78 Å². The summed E-state index contributed by atoms with van der Waals surface area (Å²) in [6.07, 6.45) is 1.28. The van der Waals surface area contributed by atoms with E-state index in [0.717, 1.165) is 12.1 Å². The maximum atomic E-state index is 14.1. The molecule has 148 valence electrons. The first kappa shape index (κ1) is 20.4. The van der Waals surface area contributed by atoms with Gasteiger partial charge in [-0.3, -0.25) is 14.2 Å². The van der Waals surface area contributed by atoms with Crippen molar-refractivity contribution in [2.75, 3.05) is 0 Å². The number of halogens is 3. The van der Waals surface area contributed by atoms with Crippen LogP contribution < -0.4 is 5.56 Å². The van der Waals surface area contributed by atoms with E-state index in [-0.39, 0.29) is 11.1 Å². The van der Waals surface area contributed by atoms with Gasteiger partial charge in [0.15, 0.2) is 5.71 Å². The lowest BCUT2D eigenvalue weighted by atomic mass is 10.0. The first-order chi connectivity index (χ1) is 13.7. The van der Waals surface area contributed by atoms with Crippen molar-refractivity contribution in [1.82, 2.24) is 4.57 Å². The number of ketones is 1. The highest BCUT2D eigenvalue weighted by Crippen LogP contribution is 2.23. The number of carbonyl (C=O) groups excluding carboxylic acids is 1. The van der Waals surface area contributed by atoms with Gasteiger partial charge in [0.1, 0.15) is 11.6 Å². The number of benzene rings is 2. The molecule has 0 radical (unpaired) electrons. The number of carbonyl (C=O) groups is 1. The molecule has 0 unspecified atom stereocenters. The van der Waals surface area contributed by atoms with Crippen molar-refractivity contribution in [3.63, 3.8) is 0 Å². The Balaban J connectivity index is 2.12. The van der Waals surface area contributed by atoms with E-state index in [2.05, 4.69) is 5.16 Å². The molecule has 1 heterocycles.